The van der Waals surface area contributed by atoms with Gasteiger partial charge < -0.3 is 5.73 Å². The van der Waals surface area contributed by atoms with Crippen molar-refractivity contribution in [2.75, 3.05) is 22.2 Å². The molecule has 0 aliphatic carbocycles. The van der Waals surface area contributed by atoms with E-state index < -0.39 is 17.2 Å². The van der Waals surface area contributed by atoms with Crippen LogP contribution >= 0.6 is 0 Å². The minimum Gasteiger partial charge on any atom is -0.383 e. The van der Waals surface area contributed by atoms with E-state index in [1.165, 1.54) is 14.5 Å². The van der Waals surface area contributed by atoms with Crippen LogP contribution in [0.3, 0.4) is 0 Å². The first-order valence-corrected chi connectivity index (χ1v) is 11.8. The summed E-state index contributed by atoms with van der Waals surface area (Å²) in [6.45, 7) is 2.29. The summed E-state index contributed by atoms with van der Waals surface area (Å²) in [5.41, 5.74) is 6.33. The van der Waals surface area contributed by atoms with Crippen LogP contribution in [0, 0.1) is 0 Å². The molecule has 4 rings (SSSR count). The van der Waals surface area contributed by atoms with E-state index in [1.807, 2.05) is 43.3 Å². The van der Waals surface area contributed by atoms with Crippen molar-refractivity contribution in [2.45, 2.75) is 39.2 Å². The van der Waals surface area contributed by atoms with Crippen LogP contribution in [0.5, 0.6) is 0 Å². The summed E-state index contributed by atoms with van der Waals surface area (Å²) in [5.74, 6) is -0.866. The lowest BCUT2D eigenvalue weighted by Crippen LogP contribution is -2.46. The number of carbonyl (C=O) groups is 2. The lowest BCUT2D eigenvalue weighted by Gasteiger charge is -2.28. The number of nitrogens with zero attached hydrogens (tertiary/aromatic N) is 4. The number of aromatic amines is 1. The van der Waals surface area contributed by atoms with Gasteiger partial charge in [-0.3, -0.25) is 28.8 Å². The topological polar surface area (TPSA) is 134 Å². The van der Waals surface area contributed by atoms with E-state index in [4.69, 9.17) is 5.73 Å². The predicted molar refractivity (Wildman–Crippen MR) is 139 cm³/mol. The number of H-pyrrole nitrogens is 1. The van der Waals surface area contributed by atoms with Gasteiger partial charge in [-0.25, -0.2) is 9.80 Å². The number of amides is 2. The fraction of sp³-hybridized carbons (Fsp3) is 0.269. The quantitative estimate of drug-likeness (QED) is 0.502. The summed E-state index contributed by atoms with van der Waals surface area (Å²) in [5, 5.41) is 5.55. The number of nitrogens with one attached hydrogen (secondary N) is 1. The number of hydrazone groups is 1. The molecule has 36 heavy (non-hydrogen) atoms. The molecule has 0 radical (unpaired) electrons. The first kappa shape index (κ1) is 24.6. The van der Waals surface area contributed by atoms with Crippen LogP contribution in [-0.4, -0.2) is 33.6 Å². The molecule has 2 heterocycles. The van der Waals surface area contributed by atoms with Crippen LogP contribution in [0.15, 0.2) is 75.4 Å². The first-order chi connectivity index (χ1) is 17.4. The van der Waals surface area contributed by atoms with Gasteiger partial charge in [-0.15, -0.1) is 0 Å². The third kappa shape index (κ3) is 5.12. The number of benzene rings is 2. The Morgan fingerprint density at radius 2 is 1.69 bits per heavy atom. The predicted octanol–water partition coefficient (Wildman–Crippen LogP) is 2.48. The van der Waals surface area contributed by atoms with E-state index in [1.54, 1.807) is 24.3 Å². The van der Waals surface area contributed by atoms with Crippen molar-refractivity contribution in [3.63, 3.8) is 0 Å². The van der Waals surface area contributed by atoms with Crippen molar-refractivity contribution in [1.29, 1.82) is 0 Å². The standard InChI is InChI=1S/C26H28N6O4/c1-2-3-16-30(25(35)20-14-15-21(33)32(29-20)19-12-8-5-9-13-19)22-23(27)31(26(36)28-24(22)34)17-18-10-6-4-7-11-18/h4-13H,2-3,14-17,27H2,1H3,(H,28,34,36). The second-order valence-corrected chi connectivity index (χ2v) is 8.46. The highest BCUT2D eigenvalue weighted by Gasteiger charge is 2.31. The molecule has 0 unspecified atom stereocenters. The lowest BCUT2D eigenvalue weighted by molar-refractivity contribution is -0.118. The number of aromatic nitrogens is 2. The van der Waals surface area contributed by atoms with Gasteiger partial charge in [0.2, 0.25) is 5.91 Å². The molecule has 3 N–H and O–H groups in total. The van der Waals surface area contributed by atoms with Crippen LogP contribution in [0.25, 0.3) is 0 Å². The van der Waals surface area contributed by atoms with Crippen LogP contribution in [0.1, 0.15) is 38.2 Å². The zero-order valence-electron chi connectivity index (χ0n) is 20.0. The molecule has 0 atom stereocenters. The van der Waals surface area contributed by atoms with Crippen molar-refractivity contribution in [3.05, 3.63) is 87.1 Å². The van der Waals surface area contributed by atoms with E-state index in [9.17, 15) is 19.2 Å². The molecule has 0 saturated heterocycles. The summed E-state index contributed by atoms with van der Waals surface area (Å²) in [6, 6.07) is 18.0. The molecular weight excluding hydrogens is 460 g/mol. The molecular formula is C26H28N6O4. The smallest absolute Gasteiger partial charge is 0.330 e. The number of hydrogen-bond donors (Lipinski definition) is 2. The molecule has 2 amide bonds. The number of unbranched alkanes of at least 4 members (excludes halogenated alkanes) is 1. The number of hydrogen-bond acceptors (Lipinski definition) is 6. The molecule has 0 fully saturated rings. The van der Waals surface area contributed by atoms with Gasteiger partial charge in [-0.05, 0) is 24.1 Å². The van der Waals surface area contributed by atoms with Crippen molar-refractivity contribution >= 4 is 34.7 Å². The molecule has 186 valence electrons. The van der Waals surface area contributed by atoms with E-state index >= 15 is 0 Å². The zero-order valence-corrected chi connectivity index (χ0v) is 20.0. The van der Waals surface area contributed by atoms with Gasteiger partial charge in [0.25, 0.3) is 11.5 Å². The first-order valence-electron chi connectivity index (χ1n) is 11.8. The largest absolute Gasteiger partial charge is 0.383 e. The molecule has 1 aromatic heterocycles. The minimum atomic E-state index is -0.751. The maximum Gasteiger partial charge on any atom is 0.330 e. The molecule has 1 aliphatic heterocycles. The Morgan fingerprint density at radius 1 is 1.03 bits per heavy atom. The highest BCUT2D eigenvalue weighted by Crippen LogP contribution is 2.23. The third-order valence-corrected chi connectivity index (χ3v) is 5.93. The van der Waals surface area contributed by atoms with Crippen molar-refractivity contribution in [3.8, 4) is 0 Å². The Bertz CT molecular complexity index is 1400. The number of rotatable bonds is 8. The molecule has 10 nitrogen and oxygen atoms in total. The fourth-order valence-electron chi connectivity index (χ4n) is 4.03. The number of carbonyl (C=O) groups excluding carboxylic acids is 2. The molecule has 2 aromatic carbocycles. The maximum atomic E-state index is 13.7. The lowest BCUT2D eigenvalue weighted by atomic mass is 10.1. The van der Waals surface area contributed by atoms with Crippen molar-refractivity contribution in [2.24, 2.45) is 5.10 Å². The normalized spacial score (nSPS) is 13.4. The summed E-state index contributed by atoms with van der Waals surface area (Å²) >= 11 is 0. The molecule has 3 aromatic rings. The third-order valence-electron chi connectivity index (χ3n) is 5.93. The number of nitrogens with two attached hydrogens (primary N) is 1. The van der Waals surface area contributed by atoms with Crippen LogP contribution in [-0.2, 0) is 16.1 Å². The van der Waals surface area contributed by atoms with Gasteiger partial charge in [-0.1, -0.05) is 61.9 Å². The SMILES string of the molecule is CCCCN(C(=O)C1=NN(c2ccccc2)C(=O)CC1)c1c(N)n(Cc2ccccc2)c(=O)[nH]c1=O. The zero-order chi connectivity index (χ0) is 25.7. The van der Waals surface area contributed by atoms with Crippen LogP contribution in [0.4, 0.5) is 17.2 Å². The van der Waals surface area contributed by atoms with E-state index in [0.29, 0.717) is 12.1 Å². The highest BCUT2D eigenvalue weighted by atomic mass is 16.2. The molecule has 0 bridgehead atoms. The maximum absolute atomic E-state index is 13.7. The Kier molecular flexibility index (Phi) is 7.43. The summed E-state index contributed by atoms with van der Waals surface area (Å²) in [6.07, 6.45) is 1.58. The summed E-state index contributed by atoms with van der Waals surface area (Å²) < 4.78 is 1.24. The molecule has 0 saturated carbocycles. The van der Waals surface area contributed by atoms with Gasteiger partial charge in [0.15, 0.2) is 5.69 Å². The van der Waals surface area contributed by atoms with E-state index in [0.717, 1.165) is 12.0 Å². The van der Waals surface area contributed by atoms with Crippen LogP contribution < -0.4 is 26.9 Å². The number of anilines is 3. The Balaban J connectivity index is 1.76. The number of para-hydroxylation sites is 1. The minimum absolute atomic E-state index is 0.0976. The molecule has 1 aliphatic rings. The average Bonchev–Trinajstić information content (AvgIpc) is 2.89. The van der Waals surface area contributed by atoms with Gasteiger partial charge in [0.05, 0.1) is 12.2 Å². The Morgan fingerprint density at radius 3 is 2.36 bits per heavy atom. The fourth-order valence-corrected chi connectivity index (χ4v) is 4.03. The van der Waals surface area contributed by atoms with Crippen LogP contribution in [0.2, 0.25) is 0 Å². The summed E-state index contributed by atoms with van der Waals surface area (Å²) in [7, 11) is 0. The second-order valence-electron chi connectivity index (χ2n) is 8.46. The Labute approximate surface area is 207 Å². The summed E-state index contributed by atoms with van der Waals surface area (Å²) in [4.78, 5) is 55.4. The molecule has 10 heteroatoms. The van der Waals surface area contributed by atoms with Crippen molar-refractivity contribution in [1.82, 2.24) is 9.55 Å². The van der Waals surface area contributed by atoms with E-state index in [-0.39, 0.29) is 49.1 Å². The second kappa shape index (κ2) is 10.9. The monoisotopic (exact) mass is 488 g/mol. The van der Waals surface area contributed by atoms with Gasteiger partial charge >= 0.3 is 5.69 Å². The Hall–Kier alpha value is -4.47. The van der Waals surface area contributed by atoms with E-state index in [2.05, 4.69) is 10.1 Å². The van der Waals surface area contributed by atoms with Crippen molar-refractivity contribution < 1.29 is 9.59 Å². The molecule has 0 spiro atoms. The number of nitrogen functional groups attached to an aromatic ring is 1. The van der Waals surface area contributed by atoms with Gasteiger partial charge in [0.1, 0.15) is 11.5 Å². The van der Waals surface area contributed by atoms with Gasteiger partial charge in [0, 0.05) is 19.4 Å². The van der Waals surface area contributed by atoms with Gasteiger partial charge in [-0.2, -0.15) is 5.10 Å². The average molecular weight is 489 g/mol. The highest BCUT2D eigenvalue weighted by molar-refractivity contribution is 6.45.